The van der Waals surface area contributed by atoms with E-state index >= 15 is 0 Å². The van der Waals surface area contributed by atoms with E-state index < -0.39 is 15.9 Å². The van der Waals surface area contributed by atoms with Crippen LogP contribution in [0.5, 0.6) is 5.75 Å². The van der Waals surface area contributed by atoms with E-state index in [9.17, 15) is 13.2 Å². The summed E-state index contributed by atoms with van der Waals surface area (Å²) in [6.45, 7) is 2.52. The van der Waals surface area contributed by atoms with Gasteiger partial charge in [0.1, 0.15) is 5.75 Å². The average molecular weight is 425 g/mol. The molecule has 2 aromatic carbocycles. The molecule has 0 saturated heterocycles. The third-order valence-corrected chi connectivity index (χ3v) is 5.86. The Kier molecular flexibility index (Phi) is 8.29. The van der Waals surface area contributed by atoms with E-state index in [0.29, 0.717) is 28.6 Å². The zero-order valence-corrected chi connectivity index (χ0v) is 17.6. The highest BCUT2D eigenvalue weighted by molar-refractivity contribution is 7.89. The van der Waals surface area contributed by atoms with Crippen molar-refractivity contribution in [1.82, 2.24) is 4.72 Å². The van der Waals surface area contributed by atoms with Gasteiger partial charge in [-0.3, -0.25) is 4.79 Å². The average Bonchev–Trinajstić information content (AvgIpc) is 2.68. The molecule has 28 heavy (non-hydrogen) atoms. The van der Waals surface area contributed by atoms with Crippen LogP contribution >= 0.6 is 11.6 Å². The highest BCUT2D eigenvalue weighted by atomic mass is 35.5. The summed E-state index contributed by atoms with van der Waals surface area (Å²) in [7, 11) is -2.09. The van der Waals surface area contributed by atoms with Gasteiger partial charge in [-0.05, 0) is 48.9 Å². The van der Waals surface area contributed by atoms with Gasteiger partial charge in [0.25, 0.3) is 5.91 Å². The molecular formula is C20H25ClN2O4S. The predicted octanol–water partition coefficient (Wildman–Crippen LogP) is 4.46. The Morgan fingerprint density at radius 2 is 1.79 bits per heavy atom. The second-order valence-electron chi connectivity index (χ2n) is 6.28. The molecule has 0 spiro atoms. The summed E-state index contributed by atoms with van der Waals surface area (Å²) in [5, 5.41) is 3.13. The maximum atomic E-state index is 12.5. The van der Waals surface area contributed by atoms with Crippen LogP contribution in [0.15, 0.2) is 47.4 Å². The lowest BCUT2D eigenvalue weighted by Gasteiger charge is -2.11. The SMILES string of the molecule is CCCCCCNS(=O)(=O)c1ccc(NC(=O)c2cc(Cl)ccc2OC)cc1. The topological polar surface area (TPSA) is 84.5 Å². The fourth-order valence-corrected chi connectivity index (χ4v) is 3.86. The normalized spacial score (nSPS) is 11.2. The number of hydrogen-bond acceptors (Lipinski definition) is 4. The minimum absolute atomic E-state index is 0.154. The molecule has 0 aliphatic rings. The maximum Gasteiger partial charge on any atom is 0.259 e. The van der Waals surface area contributed by atoms with Crippen LogP contribution in [0.1, 0.15) is 43.0 Å². The summed E-state index contributed by atoms with van der Waals surface area (Å²) in [4.78, 5) is 12.6. The number of carbonyl (C=O) groups excluding carboxylic acids is 1. The van der Waals surface area contributed by atoms with E-state index in [0.717, 1.165) is 25.7 Å². The van der Waals surface area contributed by atoms with Gasteiger partial charge in [-0.2, -0.15) is 0 Å². The lowest BCUT2D eigenvalue weighted by atomic mass is 10.2. The van der Waals surface area contributed by atoms with Crippen LogP contribution in [0.25, 0.3) is 0 Å². The summed E-state index contributed by atoms with van der Waals surface area (Å²) < 4.78 is 32.4. The number of anilines is 1. The molecule has 0 atom stereocenters. The minimum atomic E-state index is -3.56. The van der Waals surface area contributed by atoms with Gasteiger partial charge in [-0.1, -0.05) is 37.8 Å². The Bertz CT molecular complexity index is 899. The highest BCUT2D eigenvalue weighted by Gasteiger charge is 2.15. The van der Waals surface area contributed by atoms with E-state index in [4.69, 9.17) is 16.3 Å². The van der Waals surface area contributed by atoms with Crippen LogP contribution in [-0.2, 0) is 10.0 Å². The van der Waals surface area contributed by atoms with Crippen molar-refractivity contribution >= 4 is 33.2 Å². The van der Waals surface area contributed by atoms with Gasteiger partial charge in [0, 0.05) is 17.3 Å². The minimum Gasteiger partial charge on any atom is -0.496 e. The first kappa shape index (κ1) is 22.2. The van der Waals surface area contributed by atoms with E-state index in [1.165, 1.54) is 25.3 Å². The molecule has 0 aliphatic heterocycles. The molecule has 2 aromatic rings. The van der Waals surface area contributed by atoms with E-state index in [1.807, 2.05) is 0 Å². The molecule has 0 heterocycles. The van der Waals surface area contributed by atoms with Gasteiger partial charge < -0.3 is 10.1 Å². The van der Waals surface area contributed by atoms with Gasteiger partial charge >= 0.3 is 0 Å². The Hall–Kier alpha value is -2.09. The summed E-state index contributed by atoms with van der Waals surface area (Å²) in [5.74, 6) is -0.00243. The van der Waals surface area contributed by atoms with E-state index in [-0.39, 0.29) is 4.90 Å². The second-order valence-corrected chi connectivity index (χ2v) is 8.48. The fourth-order valence-electron chi connectivity index (χ4n) is 2.62. The fraction of sp³-hybridized carbons (Fsp3) is 0.350. The number of halogens is 1. The molecule has 0 saturated carbocycles. The van der Waals surface area contributed by atoms with Crippen LogP contribution in [0.2, 0.25) is 5.02 Å². The van der Waals surface area contributed by atoms with Crippen LogP contribution in [0.4, 0.5) is 5.69 Å². The van der Waals surface area contributed by atoms with Gasteiger partial charge in [-0.15, -0.1) is 0 Å². The first-order chi connectivity index (χ1) is 13.4. The standard InChI is InChI=1S/C20H25ClN2O4S/c1-3-4-5-6-13-22-28(25,26)17-10-8-16(9-11-17)23-20(24)18-14-15(21)7-12-19(18)27-2/h7-12,14,22H,3-6,13H2,1-2H3,(H,23,24). The Labute approximate surface area is 171 Å². The number of nitrogens with one attached hydrogen (secondary N) is 2. The number of sulfonamides is 1. The van der Waals surface area contributed by atoms with Crippen molar-refractivity contribution in [3.8, 4) is 5.75 Å². The number of amides is 1. The molecule has 0 radical (unpaired) electrons. The lowest BCUT2D eigenvalue weighted by molar-refractivity contribution is 0.102. The molecule has 0 fully saturated rings. The van der Waals surface area contributed by atoms with Gasteiger partial charge in [0.15, 0.2) is 0 Å². The zero-order chi connectivity index (χ0) is 20.6. The predicted molar refractivity (Wildman–Crippen MR) is 112 cm³/mol. The Morgan fingerprint density at radius 1 is 1.07 bits per heavy atom. The van der Waals surface area contributed by atoms with Crippen molar-refractivity contribution in [2.24, 2.45) is 0 Å². The quantitative estimate of drug-likeness (QED) is 0.551. The number of rotatable bonds is 10. The molecule has 8 heteroatoms. The van der Waals surface area contributed by atoms with Gasteiger partial charge in [0.2, 0.25) is 10.0 Å². The van der Waals surface area contributed by atoms with Crippen molar-refractivity contribution in [3.63, 3.8) is 0 Å². The number of hydrogen-bond donors (Lipinski definition) is 2. The van der Waals surface area contributed by atoms with Gasteiger partial charge in [-0.25, -0.2) is 13.1 Å². The summed E-state index contributed by atoms with van der Waals surface area (Å²) in [6, 6.07) is 10.8. The third-order valence-electron chi connectivity index (χ3n) is 4.15. The maximum absolute atomic E-state index is 12.5. The molecule has 6 nitrogen and oxygen atoms in total. The zero-order valence-electron chi connectivity index (χ0n) is 16.0. The largest absolute Gasteiger partial charge is 0.496 e. The van der Waals surface area contributed by atoms with Crippen LogP contribution in [0.3, 0.4) is 0 Å². The Balaban J connectivity index is 2.02. The van der Waals surface area contributed by atoms with Crippen molar-refractivity contribution in [2.75, 3.05) is 19.0 Å². The van der Waals surface area contributed by atoms with Crippen LogP contribution in [-0.4, -0.2) is 28.0 Å². The smallest absolute Gasteiger partial charge is 0.259 e. The number of ether oxygens (including phenoxy) is 1. The number of carbonyl (C=O) groups is 1. The van der Waals surface area contributed by atoms with Crippen LogP contribution < -0.4 is 14.8 Å². The molecule has 2 N–H and O–H groups in total. The summed E-state index contributed by atoms with van der Waals surface area (Å²) >= 11 is 5.95. The second kappa shape index (κ2) is 10.5. The molecule has 0 bridgehead atoms. The summed E-state index contributed by atoms with van der Waals surface area (Å²) in [6.07, 6.45) is 3.99. The monoisotopic (exact) mass is 424 g/mol. The molecule has 1 amide bonds. The molecular weight excluding hydrogens is 400 g/mol. The van der Waals surface area contributed by atoms with Crippen molar-refractivity contribution in [3.05, 3.63) is 53.1 Å². The van der Waals surface area contributed by atoms with Crippen LogP contribution in [0, 0.1) is 0 Å². The number of unbranched alkanes of at least 4 members (excludes halogenated alkanes) is 3. The van der Waals surface area contributed by atoms with Crippen molar-refractivity contribution in [1.29, 1.82) is 0 Å². The summed E-state index contributed by atoms with van der Waals surface area (Å²) in [5.41, 5.74) is 0.759. The van der Waals surface area contributed by atoms with Crippen molar-refractivity contribution in [2.45, 2.75) is 37.5 Å². The number of benzene rings is 2. The molecule has 2 rings (SSSR count). The first-order valence-corrected chi connectivity index (χ1v) is 11.0. The molecule has 0 aliphatic carbocycles. The third kappa shape index (κ3) is 6.22. The van der Waals surface area contributed by atoms with Crippen molar-refractivity contribution < 1.29 is 17.9 Å². The highest BCUT2D eigenvalue weighted by Crippen LogP contribution is 2.24. The molecule has 0 unspecified atom stereocenters. The molecule has 152 valence electrons. The lowest BCUT2D eigenvalue weighted by Crippen LogP contribution is -2.24. The molecule has 0 aromatic heterocycles. The van der Waals surface area contributed by atoms with E-state index in [2.05, 4.69) is 17.0 Å². The van der Waals surface area contributed by atoms with Gasteiger partial charge in [0.05, 0.1) is 17.6 Å². The number of methoxy groups -OCH3 is 1. The Morgan fingerprint density at radius 3 is 2.43 bits per heavy atom. The van der Waals surface area contributed by atoms with E-state index in [1.54, 1.807) is 24.3 Å². The first-order valence-electron chi connectivity index (χ1n) is 9.12.